The zero-order valence-electron chi connectivity index (χ0n) is 25.2. The van der Waals surface area contributed by atoms with E-state index in [2.05, 4.69) is 13.8 Å². The van der Waals surface area contributed by atoms with Gasteiger partial charge in [0.05, 0.1) is 23.9 Å². The van der Waals surface area contributed by atoms with Crippen LogP contribution in [0.25, 0.3) is 0 Å². The first kappa shape index (κ1) is 29.5. The number of carbonyl (C=O) groups is 2. The van der Waals surface area contributed by atoms with Crippen molar-refractivity contribution in [3.8, 4) is 0 Å². The van der Waals surface area contributed by atoms with Crippen molar-refractivity contribution < 1.29 is 43.5 Å². The molecule has 5 fully saturated rings. The molecule has 4 aliphatic carbocycles. The highest BCUT2D eigenvalue weighted by molar-refractivity contribution is 5.85. The molecule has 6 rings (SSSR count). The first-order valence-electron chi connectivity index (χ1n) is 15.7. The first-order chi connectivity index (χ1) is 19.4. The van der Waals surface area contributed by atoms with Crippen molar-refractivity contribution in [1.29, 1.82) is 0 Å². The number of rotatable bonds is 5. The van der Waals surface area contributed by atoms with E-state index in [1.165, 1.54) is 6.92 Å². The molecule has 230 valence electrons. The molecule has 6 aliphatic rings. The van der Waals surface area contributed by atoms with Gasteiger partial charge in [-0.25, -0.2) is 4.79 Å². The fourth-order valence-electron chi connectivity index (χ4n) is 10.4. The fourth-order valence-corrected chi connectivity index (χ4v) is 10.4. The Kier molecular flexibility index (Phi) is 7.62. The molecule has 9 nitrogen and oxygen atoms in total. The summed E-state index contributed by atoms with van der Waals surface area (Å²) in [5.41, 5.74) is -0.559. The molecule has 4 saturated carbocycles. The van der Waals surface area contributed by atoms with Crippen LogP contribution in [0.3, 0.4) is 0 Å². The van der Waals surface area contributed by atoms with Crippen LogP contribution in [0.4, 0.5) is 0 Å². The molecule has 3 unspecified atom stereocenters. The molecule has 1 saturated heterocycles. The molecule has 9 heteroatoms. The van der Waals surface area contributed by atoms with Crippen LogP contribution < -0.4 is 0 Å². The highest BCUT2D eigenvalue weighted by Crippen LogP contribution is 2.70. The maximum atomic E-state index is 12.7. The third-order valence-corrected chi connectivity index (χ3v) is 12.5. The van der Waals surface area contributed by atoms with E-state index in [-0.39, 0.29) is 60.4 Å². The Balaban J connectivity index is 1.19. The second kappa shape index (κ2) is 10.6. The summed E-state index contributed by atoms with van der Waals surface area (Å²) in [5.74, 6) is 0.0175. The van der Waals surface area contributed by atoms with Gasteiger partial charge in [0.1, 0.15) is 18.8 Å². The summed E-state index contributed by atoms with van der Waals surface area (Å²) in [7, 11) is 1.62. The summed E-state index contributed by atoms with van der Waals surface area (Å²) in [4.78, 5) is 24.2. The highest BCUT2D eigenvalue weighted by Gasteiger charge is 2.71. The van der Waals surface area contributed by atoms with Crippen molar-refractivity contribution in [2.45, 2.75) is 128 Å². The molecular formula is C32H48O9. The molecule has 0 amide bonds. The Labute approximate surface area is 243 Å². The lowest BCUT2D eigenvalue weighted by atomic mass is 9.43. The average molecular weight is 577 g/mol. The Bertz CT molecular complexity index is 1080. The molecule has 0 aromatic heterocycles. The van der Waals surface area contributed by atoms with Crippen LogP contribution in [0.1, 0.15) is 85.5 Å². The fraction of sp³-hybridized carbons (Fsp3) is 0.875. The zero-order valence-corrected chi connectivity index (χ0v) is 25.2. The molecule has 0 aromatic carbocycles. The van der Waals surface area contributed by atoms with Gasteiger partial charge >= 0.3 is 11.9 Å². The Hall–Kier alpha value is -1.52. The number of hydrogen-bond donors (Lipinski definition) is 2. The number of carbonyl (C=O) groups excluding carboxylic acids is 2. The average Bonchev–Trinajstić information content (AvgIpc) is 3.42. The van der Waals surface area contributed by atoms with E-state index in [9.17, 15) is 19.8 Å². The van der Waals surface area contributed by atoms with Gasteiger partial charge in [0, 0.05) is 44.3 Å². The molecule has 0 aromatic rings. The van der Waals surface area contributed by atoms with Crippen LogP contribution in [-0.2, 0) is 33.3 Å². The van der Waals surface area contributed by atoms with Gasteiger partial charge < -0.3 is 33.9 Å². The number of methoxy groups -OCH3 is 1. The van der Waals surface area contributed by atoms with Crippen LogP contribution >= 0.6 is 0 Å². The molecule has 0 bridgehead atoms. The molecule has 2 N–H and O–H groups in total. The van der Waals surface area contributed by atoms with Crippen molar-refractivity contribution in [2.24, 2.45) is 34.5 Å². The minimum absolute atomic E-state index is 0.0898. The van der Waals surface area contributed by atoms with Crippen LogP contribution in [0, 0.1) is 34.5 Å². The summed E-state index contributed by atoms with van der Waals surface area (Å²) in [6.45, 7) is 8.06. The molecule has 41 heavy (non-hydrogen) atoms. The predicted octanol–water partition coefficient (Wildman–Crippen LogP) is 3.68. The van der Waals surface area contributed by atoms with Crippen molar-refractivity contribution in [3.63, 3.8) is 0 Å². The van der Waals surface area contributed by atoms with Gasteiger partial charge in [0.2, 0.25) is 0 Å². The second-order valence-corrected chi connectivity index (χ2v) is 14.3. The van der Waals surface area contributed by atoms with E-state index < -0.39 is 23.2 Å². The predicted molar refractivity (Wildman–Crippen MR) is 147 cm³/mol. The van der Waals surface area contributed by atoms with Gasteiger partial charge in [-0.1, -0.05) is 13.8 Å². The quantitative estimate of drug-likeness (QED) is 0.373. The molecule has 13 atom stereocenters. The van der Waals surface area contributed by atoms with Crippen LogP contribution in [0.2, 0.25) is 0 Å². The molecule has 2 heterocycles. The number of ether oxygens (including phenoxy) is 5. The SMILES string of the molecule is CO[C@H]1C[C@H](O[C@H]2CC[C@@]3(C)C(CCC4C3CC[C@]3(C)[C@@H](C5=CC(=O)OC5)[C@@H](OC(C)=O)C[C@]43O)C2)O[C@@H](C)[C@@H]1O. The third-order valence-electron chi connectivity index (χ3n) is 12.5. The summed E-state index contributed by atoms with van der Waals surface area (Å²) < 4.78 is 29.1. The van der Waals surface area contributed by atoms with Gasteiger partial charge in [0.15, 0.2) is 6.29 Å². The number of hydrogen-bond acceptors (Lipinski definition) is 9. The molecule has 0 spiro atoms. The lowest BCUT2D eigenvalue weighted by molar-refractivity contribution is -0.273. The minimum Gasteiger partial charge on any atom is -0.462 e. The van der Waals surface area contributed by atoms with Crippen LogP contribution in [-0.4, -0.2) is 78.3 Å². The minimum atomic E-state index is -0.990. The number of cyclic esters (lactones) is 1. The van der Waals surface area contributed by atoms with Crippen molar-refractivity contribution in [2.75, 3.05) is 13.7 Å². The monoisotopic (exact) mass is 576 g/mol. The Morgan fingerprint density at radius 1 is 1.07 bits per heavy atom. The van der Waals surface area contributed by atoms with E-state index in [1.807, 2.05) is 6.92 Å². The summed E-state index contributed by atoms with van der Waals surface area (Å²) >= 11 is 0. The van der Waals surface area contributed by atoms with E-state index >= 15 is 0 Å². The van der Waals surface area contributed by atoms with Crippen molar-refractivity contribution >= 4 is 11.9 Å². The lowest BCUT2D eigenvalue weighted by Crippen LogP contribution is -2.62. The van der Waals surface area contributed by atoms with Gasteiger partial charge in [0.25, 0.3) is 0 Å². The zero-order chi connectivity index (χ0) is 29.3. The van der Waals surface area contributed by atoms with Crippen LogP contribution in [0.15, 0.2) is 11.6 Å². The maximum absolute atomic E-state index is 12.7. The molecule has 2 aliphatic heterocycles. The topological polar surface area (TPSA) is 121 Å². The molecular weight excluding hydrogens is 528 g/mol. The standard InChI is InChI=1S/C32H48O9/c1-17-29(35)24(37-5)14-27(39-17)41-21-8-10-30(3)20(13-21)6-7-23-22(30)9-11-31(4)28(19-12-26(34)38-16-19)25(40-18(2)33)15-32(23,31)36/h12,17,20-25,27-29,35-36H,6-11,13-16H2,1-5H3/t17-,20?,21-,22?,23?,24-,25-,27-,28-,29-,30-,31+,32-/m0/s1. The second-order valence-electron chi connectivity index (χ2n) is 14.3. The van der Waals surface area contributed by atoms with E-state index in [1.54, 1.807) is 13.2 Å². The van der Waals surface area contributed by atoms with Crippen molar-refractivity contribution in [3.05, 3.63) is 11.6 Å². The Morgan fingerprint density at radius 2 is 1.85 bits per heavy atom. The van der Waals surface area contributed by atoms with E-state index in [0.29, 0.717) is 24.7 Å². The van der Waals surface area contributed by atoms with Crippen LogP contribution in [0.5, 0.6) is 0 Å². The maximum Gasteiger partial charge on any atom is 0.331 e. The van der Waals surface area contributed by atoms with E-state index in [4.69, 9.17) is 23.7 Å². The number of aliphatic hydroxyl groups excluding tert-OH is 1. The number of esters is 2. The largest absolute Gasteiger partial charge is 0.462 e. The smallest absolute Gasteiger partial charge is 0.331 e. The van der Waals surface area contributed by atoms with Gasteiger partial charge in [-0.15, -0.1) is 0 Å². The first-order valence-corrected chi connectivity index (χ1v) is 15.7. The summed E-state index contributed by atoms with van der Waals surface area (Å²) in [6.07, 6.45) is 7.14. The summed E-state index contributed by atoms with van der Waals surface area (Å²) in [5, 5.41) is 23.0. The number of aliphatic hydroxyl groups is 2. The molecule has 0 radical (unpaired) electrons. The highest BCUT2D eigenvalue weighted by atomic mass is 16.7. The number of fused-ring (bicyclic) bond motifs is 5. The van der Waals surface area contributed by atoms with Gasteiger partial charge in [-0.05, 0) is 80.6 Å². The van der Waals surface area contributed by atoms with Crippen molar-refractivity contribution in [1.82, 2.24) is 0 Å². The lowest BCUT2D eigenvalue weighted by Gasteiger charge is -2.63. The third kappa shape index (κ3) is 4.69. The Morgan fingerprint density at radius 3 is 2.54 bits per heavy atom. The normalized spacial score (nSPS) is 51.2. The van der Waals surface area contributed by atoms with Gasteiger partial charge in [-0.2, -0.15) is 0 Å². The summed E-state index contributed by atoms with van der Waals surface area (Å²) in [6, 6.07) is 0. The van der Waals surface area contributed by atoms with Gasteiger partial charge in [-0.3, -0.25) is 4.79 Å². The van der Waals surface area contributed by atoms with E-state index in [0.717, 1.165) is 50.5 Å².